The molecule has 8 heteroatoms. The van der Waals surface area contributed by atoms with Crippen LogP contribution >= 0.6 is 12.4 Å². The van der Waals surface area contributed by atoms with Gasteiger partial charge in [-0.05, 0) is 18.1 Å². The Morgan fingerprint density at radius 3 is 2.93 bits per heavy atom. The second kappa shape index (κ2) is 4.87. The summed E-state index contributed by atoms with van der Waals surface area (Å²) in [6.07, 6.45) is 2.32. The standard InChI is InChI=1S/C6H10N6O.ClH/c13-5(3-7-4-1-2-4)8-6-9-11-12-10-6;/h4,7H,1-3H2,(H2,8,9,10,11,12,13);1H. The predicted octanol–water partition coefficient (Wildman–Crippen LogP) is -0.688. The fourth-order valence-electron chi connectivity index (χ4n) is 0.908. The zero-order valence-electron chi connectivity index (χ0n) is 7.36. The van der Waals surface area contributed by atoms with Crippen LogP contribution in [0.4, 0.5) is 5.95 Å². The molecule has 1 aliphatic rings. The number of halogens is 1. The van der Waals surface area contributed by atoms with Gasteiger partial charge in [-0.15, -0.1) is 17.5 Å². The van der Waals surface area contributed by atoms with Gasteiger partial charge in [0, 0.05) is 6.04 Å². The quantitative estimate of drug-likeness (QED) is 0.622. The van der Waals surface area contributed by atoms with Crippen molar-refractivity contribution in [3.05, 3.63) is 0 Å². The van der Waals surface area contributed by atoms with Crippen LogP contribution in [0.2, 0.25) is 0 Å². The maximum Gasteiger partial charge on any atom is 0.269 e. The van der Waals surface area contributed by atoms with E-state index in [4.69, 9.17) is 0 Å². The highest BCUT2D eigenvalue weighted by atomic mass is 35.5. The van der Waals surface area contributed by atoms with E-state index in [2.05, 4.69) is 31.3 Å². The van der Waals surface area contributed by atoms with Crippen LogP contribution in [0.1, 0.15) is 12.8 Å². The van der Waals surface area contributed by atoms with E-state index in [-0.39, 0.29) is 24.3 Å². The first-order valence-corrected chi connectivity index (χ1v) is 4.11. The fourth-order valence-corrected chi connectivity index (χ4v) is 0.908. The first kappa shape index (κ1) is 10.9. The van der Waals surface area contributed by atoms with Crippen molar-refractivity contribution < 1.29 is 4.79 Å². The van der Waals surface area contributed by atoms with Gasteiger partial charge in [0.25, 0.3) is 5.95 Å². The number of hydrogen-bond donors (Lipinski definition) is 3. The van der Waals surface area contributed by atoms with Crippen molar-refractivity contribution in [1.82, 2.24) is 25.9 Å². The summed E-state index contributed by atoms with van der Waals surface area (Å²) in [4.78, 5) is 11.1. The third-order valence-corrected chi connectivity index (χ3v) is 1.73. The Kier molecular flexibility index (Phi) is 3.78. The number of hydrogen-bond acceptors (Lipinski definition) is 5. The Labute approximate surface area is 86.4 Å². The molecule has 0 spiro atoms. The van der Waals surface area contributed by atoms with Crippen LogP contribution in [0.5, 0.6) is 0 Å². The Morgan fingerprint density at radius 1 is 1.57 bits per heavy atom. The first-order chi connectivity index (χ1) is 6.34. The summed E-state index contributed by atoms with van der Waals surface area (Å²) < 4.78 is 0. The molecule has 3 N–H and O–H groups in total. The molecule has 1 amide bonds. The van der Waals surface area contributed by atoms with E-state index >= 15 is 0 Å². The maximum absolute atomic E-state index is 11.1. The van der Waals surface area contributed by atoms with E-state index < -0.39 is 0 Å². The fraction of sp³-hybridized carbons (Fsp3) is 0.667. The topological polar surface area (TPSA) is 95.6 Å². The van der Waals surface area contributed by atoms with Gasteiger partial charge in [0.05, 0.1) is 6.54 Å². The van der Waals surface area contributed by atoms with Crippen molar-refractivity contribution >= 4 is 24.3 Å². The van der Waals surface area contributed by atoms with E-state index in [1.54, 1.807) is 0 Å². The number of nitrogens with one attached hydrogen (secondary N) is 3. The van der Waals surface area contributed by atoms with Gasteiger partial charge in [-0.1, -0.05) is 5.10 Å². The highest BCUT2D eigenvalue weighted by Crippen LogP contribution is 2.17. The van der Waals surface area contributed by atoms with Gasteiger partial charge in [-0.3, -0.25) is 10.1 Å². The molecule has 0 bridgehead atoms. The van der Waals surface area contributed by atoms with Crippen LogP contribution in [-0.2, 0) is 4.79 Å². The van der Waals surface area contributed by atoms with Gasteiger partial charge in [-0.2, -0.15) is 5.21 Å². The van der Waals surface area contributed by atoms with E-state index in [0.717, 1.165) is 12.8 Å². The number of anilines is 1. The summed E-state index contributed by atoms with van der Waals surface area (Å²) in [5, 5.41) is 18.3. The number of tetrazole rings is 1. The normalized spacial score (nSPS) is 14.6. The summed E-state index contributed by atoms with van der Waals surface area (Å²) >= 11 is 0. The molecule has 7 nitrogen and oxygen atoms in total. The number of aromatic amines is 1. The molecule has 1 aromatic rings. The van der Waals surface area contributed by atoms with Gasteiger partial charge in [0.15, 0.2) is 0 Å². The average molecular weight is 219 g/mol. The lowest BCUT2D eigenvalue weighted by Crippen LogP contribution is -2.29. The summed E-state index contributed by atoms with van der Waals surface area (Å²) in [7, 11) is 0. The summed E-state index contributed by atoms with van der Waals surface area (Å²) in [6.45, 7) is 0.305. The molecule has 1 fully saturated rings. The molecule has 0 unspecified atom stereocenters. The van der Waals surface area contributed by atoms with Gasteiger partial charge < -0.3 is 5.32 Å². The minimum absolute atomic E-state index is 0. The van der Waals surface area contributed by atoms with Crippen LogP contribution in [0.3, 0.4) is 0 Å². The first-order valence-electron chi connectivity index (χ1n) is 4.11. The molecular formula is C6H11ClN6O. The molecule has 0 radical (unpaired) electrons. The Hall–Kier alpha value is -1.21. The van der Waals surface area contributed by atoms with E-state index in [0.29, 0.717) is 12.6 Å². The number of carbonyl (C=O) groups is 1. The minimum atomic E-state index is -0.145. The van der Waals surface area contributed by atoms with Crippen LogP contribution in [0, 0.1) is 0 Å². The second-order valence-corrected chi connectivity index (χ2v) is 2.94. The van der Waals surface area contributed by atoms with Crippen LogP contribution in [-0.4, -0.2) is 39.1 Å². The zero-order chi connectivity index (χ0) is 9.10. The number of aromatic nitrogens is 4. The van der Waals surface area contributed by atoms with Gasteiger partial charge in [0.1, 0.15) is 0 Å². The number of amides is 1. The summed E-state index contributed by atoms with van der Waals surface area (Å²) in [5.74, 6) is 0.0656. The molecule has 1 saturated carbocycles. The molecule has 0 atom stereocenters. The Morgan fingerprint density at radius 2 is 2.36 bits per heavy atom. The highest BCUT2D eigenvalue weighted by molar-refractivity contribution is 5.90. The van der Waals surface area contributed by atoms with Crippen molar-refractivity contribution in [3.8, 4) is 0 Å². The number of nitrogens with zero attached hydrogens (tertiary/aromatic N) is 3. The monoisotopic (exact) mass is 218 g/mol. The lowest BCUT2D eigenvalue weighted by atomic mass is 10.5. The largest absolute Gasteiger partial charge is 0.306 e. The van der Waals surface area contributed by atoms with Crippen molar-refractivity contribution in [2.75, 3.05) is 11.9 Å². The molecule has 0 aromatic carbocycles. The molecular weight excluding hydrogens is 208 g/mol. The second-order valence-electron chi connectivity index (χ2n) is 2.94. The van der Waals surface area contributed by atoms with Crippen molar-refractivity contribution in [2.24, 2.45) is 0 Å². The molecule has 78 valence electrons. The summed E-state index contributed by atoms with van der Waals surface area (Å²) in [5.41, 5.74) is 0. The van der Waals surface area contributed by atoms with Crippen LogP contribution in [0.15, 0.2) is 0 Å². The van der Waals surface area contributed by atoms with Crippen molar-refractivity contribution in [2.45, 2.75) is 18.9 Å². The van der Waals surface area contributed by atoms with Gasteiger partial charge in [-0.25, -0.2) is 0 Å². The predicted molar refractivity (Wildman–Crippen MR) is 51.1 cm³/mol. The number of rotatable bonds is 4. The Bertz CT molecular complexity index is 285. The summed E-state index contributed by atoms with van der Waals surface area (Å²) in [6, 6.07) is 0.524. The smallest absolute Gasteiger partial charge is 0.269 e. The van der Waals surface area contributed by atoms with Crippen molar-refractivity contribution in [1.29, 1.82) is 0 Å². The van der Waals surface area contributed by atoms with Crippen LogP contribution in [0.25, 0.3) is 0 Å². The van der Waals surface area contributed by atoms with Crippen LogP contribution < -0.4 is 10.6 Å². The lowest BCUT2D eigenvalue weighted by Gasteiger charge is -2.00. The molecule has 1 aliphatic carbocycles. The number of H-pyrrole nitrogens is 1. The van der Waals surface area contributed by atoms with Gasteiger partial charge >= 0.3 is 0 Å². The van der Waals surface area contributed by atoms with E-state index in [1.165, 1.54) is 0 Å². The Balaban J connectivity index is 0.000000980. The zero-order valence-corrected chi connectivity index (χ0v) is 8.17. The van der Waals surface area contributed by atoms with Crippen molar-refractivity contribution in [3.63, 3.8) is 0 Å². The third kappa shape index (κ3) is 3.27. The molecule has 14 heavy (non-hydrogen) atoms. The molecule has 2 rings (SSSR count). The third-order valence-electron chi connectivity index (χ3n) is 1.73. The average Bonchev–Trinajstić information content (AvgIpc) is 2.82. The molecule has 0 aliphatic heterocycles. The van der Waals surface area contributed by atoms with E-state index in [1.807, 2.05) is 0 Å². The molecule has 0 saturated heterocycles. The van der Waals surface area contributed by atoms with Gasteiger partial charge in [0.2, 0.25) is 5.91 Å². The number of carbonyl (C=O) groups excluding carboxylic acids is 1. The molecule has 1 aromatic heterocycles. The van der Waals surface area contributed by atoms with E-state index in [9.17, 15) is 4.79 Å². The highest BCUT2D eigenvalue weighted by Gasteiger charge is 2.21. The SMILES string of the molecule is Cl.O=C(CNC1CC1)Nc1nn[nH]n1. The maximum atomic E-state index is 11.1. The molecule has 1 heterocycles. The minimum Gasteiger partial charge on any atom is -0.306 e. The lowest BCUT2D eigenvalue weighted by molar-refractivity contribution is -0.115.